The van der Waals surface area contributed by atoms with Gasteiger partial charge in [-0.3, -0.25) is 14.9 Å². The SMILES string of the molecule is CC1CC(C)C[NH+](C(C(=O)NC2CCCCC2)c2cc3c(cc2[N+](=O)[O-])OCO3)C1. The lowest BCUT2D eigenvalue weighted by Gasteiger charge is -2.37. The molecule has 30 heavy (non-hydrogen) atoms. The van der Waals surface area contributed by atoms with Gasteiger partial charge in [-0.2, -0.15) is 0 Å². The molecule has 2 aliphatic heterocycles. The van der Waals surface area contributed by atoms with Crippen LogP contribution in [0.15, 0.2) is 12.1 Å². The Morgan fingerprint density at radius 1 is 1.13 bits per heavy atom. The Morgan fingerprint density at radius 3 is 2.40 bits per heavy atom. The van der Waals surface area contributed by atoms with E-state index in [-0.39, 0.29) is 24.4 Å². The molecule has 2 heterocycles. The van der Waals surface area contributed by atoms with Crippen molar-refractivity contribution >= 4 is 11.6 Å². The van der Waals surface area contributed by atoms with E-state index >= 15 is 0 Å². The van der Waals surface area contributed by atoms with Crippen LogP contribution in [0.3, 0.4) is 0 Å². The van der Waals surface area contributed by atoms with Crippen LogP contribution < -0.4 is 19.7 Å². The topological polar surface area (TPSA) is 95.1 Å². The van der Waals surface area contributed by atoms with Crippen LogP contribution in [0.4, 0.5) is 5.69 Å². The Kier molecular flexibility index (Phi) is 6.13. The van der Waals surface area contributed by atoms with E-state index in [2.05, 4.69) is 19.2 Å². The van der Waals surface area contributed by atoms with E-state index in [1.165, 1.54) is 12.5 Å². The summed E-state index contributed by atoms with van der Waals surface area (Å²) in [6.07, 6.45) is 6.50. The summed E-state index contributed by atoms with van der Waals surface area (Å²) in [6, 6.07) is 2.59. The van der Waals surface area contributed by atoms with Gasteiger partial charge in [0.1, 0.15) is 5.56 Å². The van der Waals surface area contributed by atoms with E-state index in [0.717, 1.165) is 50.1 Å². The standard InChI is InChI=1S/C22H31N3O5/c1-14-8-15(2)12-24(11-14)21(22(26)23-16-6-4-3-5-7-16)17-9-19-20(30-13-29-19)10-18(17)25(27)28/h9-10,14-16,21H,3-8,11-13H2,1-2H3,(H,23,26)/p+1. The molecule has 2 fully saturated rings. The van der Waals surface area contributed by atoms with E-state index in [1.807, 2.05) is 0 Å². The number of rotatable bonds is 5. The molecule has 3 aliphatic rings. The maximum Gasteiger partial charge on any atom is 0.283 e. The van der Waals surface area contributed by atoms with E-state index in [4.69, 9.17) is 9.47 Å². The Morgan fingerprint density at radius 2 is 1.77 bits per heavy atom. The molecule has 1 saturated heterocycles. The van der Waals surface area contributed by atoms with Crippen LogP contribution in [0.2, 0.25) is 0 Å². The molecular weight excluding hydrogens is 386 g/mol. The van der Waals surface area contributed by atoms with Crippen LogP contribution in [0.5, 0.6) is 11.5 Å². The van der Waals surface area contributed by atoms with Gasteiger partial charge in [0.25, 0.3) is 11.6 Å². The average Bonchev–Trinajstić information content (AvgIpc) is 3.15. The van der Waals surface area contributed by atoms with Crippen LogP contribution in [-0.2, 0) is 4.79 Å². The number of benzene rings is 1. The van der Waals surface area contributed by atoms with Crippen molar-refractivity contribution in [1.29, 1.82) is 0 Å². The first kappa shape index (κ1) is 20.9. The zero-order valence-electron chi connectivity index (χ0n) is 17.8. The number of nitrogens with zero attached hydrogens (tertiary/aromatic N) is 1. The zero-order chi connectivity index (χ0) is 21.3. The largest absolute Gasteiger partial charge is 0.454 e. The highest BCUT2D eigenvalue weighted by atomic mass is 16.7. The van der Waals surface area contributed by atoms with Gasteiger partial charge in [-0.15, -0.1) is 0 Å². The fourth-order valence-corrected chi connectivity index (χ4v) is 5.48. The molecule has 0 spiro atoms. The van der Waals surface area contributed by atoms with Crippen LogP contribution >= 0.6 is 0 Å². The number of nitrogens with one attached hydrogen (secondary N) is 2. The lowest BCUT2D eigenvalue weighted by molar-refractivity contribution is -0.933. The Labute approximate surface area is 177 Å². The maximum atomic E-state index is 13.6. The molecule has 8 nitrogen and oxygen atoms in total. The first-order valence-electron chi connectivity index (χ1n) is 11.1. The van der Waals surface area contributed by atoms with E-state index in [9.17, 15) is 14.9 Å². The minimum absolute atomic E-state index is 0.0412. The first-order valence-corrected chi connectivity index (χ1v) is 11.1. The van der Waals surface area contributed by atoms with Gasteiger partial charge in [-0.05, 0) is 19.3 Å². The van der Waals surface area contributed by atoms with Crippen LogP contribution in [-0.4, -0.2) is 36.8 Å². The molecule has 1 aromatic rings. The van der Waals surface area contributed by atoms with Crippen molar-refractivity contribution in [2.75, 3.05) is 19.9 Å². The van der Waals surface area contributed by atoms with Crippen molar-refractivity contribution in [3.05, 3.63) is 27.8 Å². The number of fused-ring (bicyclic) bond motifs is 1. The summed E-state index contributed by atoms with van der Waals surface area (Å²) >= 11 is 0. The van der Waals surface area contributed by atoms with Crippen molar-refractivity contribution in [3.8, 4) is 11.5 Å². The van der Waals surface area contributed by atoms with Gasteiger partial charge >= 0.3 is 0 Å². The second-order valence-electron chi connectivity index (χ2n) is 9.31. The molecule has 4 rings (SSSR count). The zero-order valence-corrected chi connectivity index (χ0v) is 17.8. The molecule has 1 saturated carbocycles. The summed E-state index contributed by atoms with van der Waals surface area (Å²) in [5, 5.41) is 15.1. The number of nitro benzene ring substituents is 1. The fraction of sp³-hybridized carbons (Fsp3) is 0.682. The third-order valence-electron chi connectivity index (χ3n) is 6.68. The second-order valence-corrected chi connectivity index (χ2v) is 9.31. The lowest BCUT2D eigenvalue weighted by atomic mass is 9.88. The van der Waals surface area contributed by atoms with E-state index < -0.39 is 11.0 Å². The fourth-order valence-electron chi connectivity index (χ4n) is 5.48. The van der Waals surface area contributed by atoms with Crippen molar-refractivity contribution in [3.63, 3.8) is 0 Å². The minimum Gasteiger partial charge on any atom is -0.454 e. The second kappa shape index (κ2) is 8.79. The van der Waals surface area contributed by atoms with Gasteiger partial charge in [0.15, 0.2) is 17.5 Å². The number of hydrogen-bond donors (Lipinski definition) is 2. The smallest absolute Gasteiger partial charge is 0.283 e. The highest BCUT2D eigenvalue weighted by Crippen LogP contribution is 2.40. The number of hydrogen-bond acceptors (Lipinski definition) is 5. The lowest BCUT2D eigenvalue weighted by Crippen LogP contribution is -3.15. The molecule has 8 heteroatoms. The van der Waals surface area contributed by atoms with Crippen molar-refractivity contribution in [1.82, 2.24) is 5.32 Å². The molecule has 0 aromatic heterocycles. The highest BCUT2D eigenvalue weighted by Gasteiger charge is 2.42. The number of amides is 1. The monoisotopic (exact) mass is 418 g/mol. The summed E-state index contributed by atoms with van der Waals surface area (Å²) in [6.45, 7) is 6.07. The molecule has 3 unspecified atom stereocenters. The number of nitro groups is 1. The van der Waals surface area contributed by atoms with Gasteiger partial charge in [0.2, 0.25) is 6.79 Å². The maximum absolute atomic E-state index is 13.6. The molecular formula is C22H32N3O5+. The summed E-state index contributed by atoms with van der Waals surface area (Å²) in [5.41, 5.74) is 0.357. The molecule has 164 valence electrons. The Balaban J connectivity index is 1.71. The Bertz CT molecular complexity index is 798. The summed E-state index contributed by atoms with van der Waals surface area (Å²) in [5.74, 6) is 1.65. The van der Waals surface area contributed by atoms with Crippen molar-refractivity contribution in [2.24, 2.45) is 11.8 Å². The highest BCUT2D eigenvalue weighted by molar-refractivity contribution is 5.84. The third kappa shape index (κ3) is 4.38. The van der Waals surface area contributed by atoms with Crippen LogP contribution in [0.25, 0.3) is 0 Å². The first-order chi connectivity index (χ1) is 14.4. The molecule has 0 bridgehead atoms. The van der Waals surface area contributed by atoms with Gasteiger partial charge < -0.3 is 19.7 Å². The van der Waals surface area contributed by atoms with Gasteiger partial charge in [0.05, 0.1) is 24.1 Å². The minimum atomic E-state index is -0.632. The van der Waals surface area contributed by atoms with Crippen molar-refractivity contribution < 1.29 is 24.1 Å². The van der Waals surface area contributed by atoms with E-state index in [0.29, 0.717) is 28.9 Å². The summed E-state index contributed by atoms with van der Waals surface area (Å²) < 4.78 is 10.8. The summed E-state index contributed by atoms with van der Waals surface area (Å²) in [4.78, 5) is 26.2. The molecule has 3 atom stereocenters. The number of piperidine rings is 1. The molecule has 1 aromatic carbocycles. The summed E-state index contributed by atoms with van der Waals surface area (Å²) in [7, 11) is 0. The normalized spacial score (nSPS) is 27.5. The number of ether oxygens (including phenoxy) is 2. The predicted molar refractivity (Wildman–Crippen MR) is 111 cm³/mol. The Hall–Kier alpha value is -2.35. The number of quaternary nitrogens is 1. The van der Waals surface area contributed by atoms with Gasteiger partial charge in [-0.1, -0.05) is 33.1 Å². The quantitative estimate of drug-likeness (QED) is 0.565. The van der Waals surface area contributed by atoms with Crippen LogP contribution in [0, 0.1) is 22.0 Å². The van der Waals surface area contributed by atoms with Gasteiger partial charge in [0, 0.05) is 23.9 Å². The average molecular weight is 419 g/mol. The third-order valence-corrected chi connectivity index (χ3v) is 6.68. The predicted octanol–water partition coefficient (Wildman–Crippen LogP) is 2.37. The number of likely N-dealkylation sites (tertiary alicyclic amines) is 1. The number of carbonyl (C=O) groups excluding carboxylic acids is 1. The molecule has 1 aliphatic carbocycles. The van der Waals surface area contributed by atoms with E-state index in [1.54, 1.807) is 6.07 Å². The van der Waals surface area contributed by atoms with Gasteiger partial charge in [-0.25, -0.2) is 0 Å². The molecule has 1 amide bonds. The van der Waals surface area contributed by atoms with Crippen LogP contribution in [0.1, 0.15) is 64.0 Å². The molecule has 0 radical (unpaired) electrons. The molecule has 2 N–H and O–H groups in total. The number of carbonyl (C=O) groups is 1. The van der Waals surface area contributed by atoms with Crippen molar-refractivity contribution in [2.45, 2.75) is 64.5 Å².